The van der Waals surface area contributed by atoms with E-state index in [4.69, 9.17) is 4.42 Å². The molecule has 23 heavy (non-hydrogen) atoms. The van der Waals surface area contributed by atoms with Gasteiger partial charge in [-0.25, -0.2) is 0 Å². The number of likely N-dealkylation sites (tertiary alicyclic amines) is 1. The molecule has 0 spiro atoms. The molecule has 1 saturated heterocycles. The molecule has 1 aliphatic heterocycles. The van der Waals surface area contributed by atoms with Crippen molar-refractivity contribution in [1.29, 1.82) is 0 Å². The second-order valence-corrected chi connectivity index (χ2v) is 5.97. The van der Waals surface area contributed by atoms with E-state index >= 15 is 0 Å². The van der Waals surface area contributed by atoms with Crippen LogP contribution in [0.2, 0.25) is 0 Å². The van der Waals surface area contributed by atoms with Gasteiger partial charge < -0.3 is 4.42 Å². The van der Waals surface area contributed by atoms with E-state index in [1.807, 2.05) is 36.4 Å². The minimum atomic E-state index is 0. The van der Waals surface area contributed by atoms with Crippen LogP contribution in [0.3, 0.4) is 0 Å². The molecule has 4 heteroatoms. The van der Waals surface area contributed by atoms with Crippen LogP contribution in [0.4, 0.5) is 0 Å². The Hall–Kier alpha value is -1.58. The van der Waals surface area contributed by atoms with Crippen molar-refractivity contribution < 1.29 is 9.21 Å². The number of hydrogen-bond acceptors (Lipinski definition) is 3. The van der Waals surface area contributed by atoms with Crippen LogP contribution in [0.1, 0.15) is 43.0 Å². The largest absolute Gasteiger partial charge is 0.464 e. The van der Waals surface area contributed by atoms with Crippen LogP contribution in [-0.2, 0) is 0 Å². The van der Waals surface area contributed by atoms with Crippen molar-refractivity contribution in [2.24, 2.45) is 0 Å². The topological polar surface area (TPSA) is 33.5 Å². The van der Waals surface area contributed by atoms with Crippen LogP contribution in [0.5, 0.6) is 0 Å². The molecular formula is C19H24ClNO2. The minimum absolute atomic E-state index is 0. The summed E-state index contributed by atoms with van der Waals surface area (Å²) in [6.45, 7) is 4.26. The third kappa shape index (κ3) is 4.04. The average molecular weight is 334 g/mol. The summed E-state index contributed by atoms with van der Waals surface area (Å²) in [6, 6.07) is 11.7. The van der Waals surface area contributed by atoms with E-state index in [9.17, 15) is 4.79 Å². The Labute approximate surface area is 144 Å². The van der Waals surface area contributed by atoms with Crippen LogP contribution in [-0.4, -0.2) is 29.8 Å². The molecule has 1 aromatic heterocycles. The number of ketones is 1. The van der Waals surface area contributed by atoms with Crippen molar-refractivity contribution in [1.82, 2.24) is 4.90 Å². The summed E-state index contributed by atoms with van der Waals surface area (Å²) in [5.41, 5.74) is 1.82. The number of carbonyl (C=O) groups excluding carboxylic acids is 1. The highest BCUT2D eigenvalue weighted by atomic mass is 35.5. The monoisotopic (exact) mass is 333 g/mol. The molecule has 2 heterocycles. The van der Waals surface area contributed by atoms with E-state index in [1.165, 1.54) is 12.8 Å². The first-order valence-corrected chi connectivity index (χ1v) is 8.22. The Morgan fingerprint density at radius 1 is 1.17 bits per heavy atom. The Balaban J connectivity index is 0.00000192. The third-order valence-corrected chi connectivity index (χ3v) is 4.42. The molecule has 0 aliphatic carbocycles. The molecule has 1 unspecified atom stereocenters. The van der Waals surface area contributed by atoms with Gasteiger partial charge in [0.15, 0.2) is 5.78 Å². The second-order valence-electron chi connectivity index (χ2n) is 5.97. The second kappa shape index (κ2) is 8.32. The van der Waals surface area contributed by atoms with Gasteiger partial charge in [-0.2, -0.15) is 0 Å². The molecule has 1 fully saturated rings. The van der Waals surface area contributed by atoms with E-state index in [0.29, 0.717) is 0 Å². The summed E-state index contributed by atoms with van der Waals surface area (Å²) < 4.78 is 5.39. The van der Waals surface area contributed by atoms with Gasteiger partial charge in [0.05, 0.1) is 12.3 Å². The Morgan fingerprint density at radius 2 is 1.87 bits per heavy atom. The Bertz CT molecular complexity index is 601. The van der Waals surface area contributed by atoms with Gasteiger partial charge in [0.25, 0.3) is 0 Å². The van der Waals surface area contributed by atoms with Crippen molar-refractivity contribution in [3.05, 3.63) is 48.2 Å². The molecule has 0 saturated carbocycles. The van der Waals surface area contributed by atoms with E-state index in [2.05, 4.69) is 11.8 Å². The number of benzene rings is 1. The Morgan fingerprint density at radius 3 is 2.43 bits per heavy atom. The van der Waals surface area contributed by atoms with Crippen molar-refractivity contribution in [2.45, 2.75) is 38.6 Å². The zero-order chi connectivity index (χ0) is 15.4. The normalized spacial score (nSPS) is 16.0. The number of Topliss-reactive ketones (excluding diaryl/α,β-unsaturated/α-hetero) is 1. The van der Waals surface area contributed by atoms with Crippen LogP contribution >= 0.6 is 12.4 Å². The fourth-order valence-corrected chi connectivity index (χ4v) is 3.24. The maximum Gasteiger partial charge on any atom is 0.179 e. The highest BCUT2D eigenvalue weighted by Crippen LogP contribution is 2.23. The quantitative estimate of drug-likeness (QED) is 0.711. The third-order valence-electron chi connectivity index (χ3n) is 4.42. The summed E-state index contributed by atoms with van der Waals surface area (Å²) in [6.07, 6.45) is 6.07. The van der Waals surface area contributed by atoms with Gasteiger partial charge in [-0.3, -0.25) is 9.69 Å². The predicted molar refractivity (Wildman–Crippen MR) is 95.2 cm³/mol. The molecule has 1 aromatic carbocycles. The summed E-state index contributed by atoms with van der Waals surface area (Å²) >= 11 is 0. The number of nitrogens with zero attached hydrogens (tertiary/aromatic N) is 1. The first kappa shape index (κ1) is 17.8. The predicted octanol–water partition coefficient (Wildman–Crippen LogP) is 4.82. The number of halogens is 1. The van der Waals surface area contributed by atoms with Crippen LogP contribution in [0.25, 0.3) is 11.3 Å². The van der Waals surface area contributed by atoms with E-state index in [0.717, 1.165) is 42.8 Å². The summed E-state index contributed by atoms with van der Waals surface area (Å²) in [7, 11) is 0. The molecule has 0 N–H and O–H groups in total. The molecule has 0 bridgehead atoms. The van der Waals surface area contributed by atoms with Crippen molar-refractivity contribution in [3.8, 4) is 11.3 Å². The number of rotatable bonds is 6. The van der Waals surface area contributed by atoms with Crippen molar-refractivity contribution >= 4 is 18.2 Å². The smallest absolute Gasteiger partial charge is 0.179 e. The zero-order valence-corrected chi connectivity index (χ0v) is 14.3. The first-order valence-electron chi connectivity index (χ1n) is 8.22. The van der Waals surface area contributed by atoms with Crippen LogP contribution in [0, 0.1) is 0 Å². The molecule has 1 aliphatic rings. The van der Waals surface area contributed by atoms with E-state index in [-0.39, 0.29) is 24.2 Å². The van der Waals surface area contributed by atoms with Gasteiger partial charge in [0.1, 0.15) is 5.76 Å². The first-order chi connectivity index (χ1) is 10.8. The summed E-state index contributed by atoms with van der Waals surface area (Å²) in [4.78, 5) is 15.2. The fourth-order valence-electron chi connectivity index (χ4n) is 3.24. The van der Waals surface area contributed by atoms with Crippen LogP contribution < -0.4 is 0 Å². The number of hydrogen-bond donors (Lipinski definition) is 0. The highest BCUT2D eigenvalue weighted by molar-refractivity contribution is 6.00. The number of carbonyl (C=O) groups is 1. The fraction of sp³-hybridized carbons (Fsp3) is 0.421. The number of furan rings is 1. The maximum absolute atomic E-state index is 12.9. The Kier molecular flexibility index (Phi) is 6.43. The van der Waals surface area contributed by atoms with Crippen molar-refractivity contribution in [2.75, 3.05) is 13.1 Å². The van der Waals surface area contributed by atoms with Gasteiger partial charge in [-0.1, -0.05) is 37.6 Å². The molecule has 3 rings (SSSR count). The van der Waals surface area contributed by atoms with E-state index < -0.39 is 0 Å². The lowest BCUT2D eigenvalue weighted by Gasteiger charge is -2.26. The molecule has 0 amide bonds. The maximum atomic E-state index is 12.9. The summed E-state index contributed by atoms with van der Waals surface area (Å²) in [5.74, 6) is 1.10. The standard InChI is InChI=1S/C19H23NO2.ClH/c1-2-6-17(20-12-3-4-13-20)19(21)16-10-8-15(9-11-16)18-7-5-14-22-18;/h5,7-11,14,17H,2-4,6,12-13H2,1H3;1H. The van der Waals surface area contributed by atoms with Crippen LogP contribution in [0.15, 0.2) is 47.1 Å². The van der Waals surface area contributed by atoms with Gasteiger partial charge in [0, 0.05) is 11.1 Å². The summed E-state index contributed by atoms with van der Waals surface area (Å²) in [5, 5.41) is 0. The van der Waals surface area contributed by atoms with Crippen molar-refractivity contribution in [3.63, 3.8) is 0 Å². The minimum Gasteiger partial charge on any atom is -0.464 e. The lowest BCUT2D eigenvalue weighted by molar-refractivity contribution is 0.0837. The molecule has 2 aromatic rings. The highest BCUT2D eigenvalue weighted by Gasteiger charge is 2.27. The van der Waals surface area contributed by atoms with Gasteiger partial charge >= 0.3 is 0 Å². The van der Waals surface area contributed by atoms with Gasteiger partial charge in [-0.15, -0.1) is 12.4 Å². The molecule has 0 radical (unpaired) electrons. The zero-order valence-electron chi connectivity index (χ0n) is 13.5. The van der Waals surface area contributed by atoms with E-state index in [1.54, 1.807) is 6.26 Å². The lowest BCUT2D eigenvalue weighted by atomic mass is 9.98. The molecular weight excluding hydrogens is 310 g/mol. The molecule has 124 valence electrons. The van der Waals surface area contributed by atoms with Gasteiger partial charge in [-0.05, 0) is 44.5 Å². The average Bonchev–Trinajstić information content (AvgIpc) is 3.25. The molecule has 1 atom stereocenters. The molecule has 3 nitrogen and oxygen atoms in total. The van der Waals surface area contributed by atoms with Gasteiger partial charge in [0.2, 0.25) is 0 Å². The SMILES string of the molecule is CCCC(C(=O)c1ccc(-c2ccco2)cc1)N1CCCC1.Cl. The lowest BCUT2D eigenvalue weighted by Crippen LogP contribution is -2.39.